The third kappa shape index (κ3) is 3.05. The first-order chi connectivity index (χ1) is 9.85. The molecule has 2 rings (SSSR count). The predicted octanol–water partition coefficient (Wildman–Crippen LogP) is 4.14. The number of rotatable bonds is 5. The first-order valence-corrected chi connectivity index (χ1v) is 7.72. The zero-order valence-corrected chi connectivity index (χ0v) is 14.2. The predicted molar refractivity (Wildman–Crippen MR) is 85.5 cm³/mol. The van der Waals surface area contributed by atoms with Gasteiger partial charge in [0.1, 0.15) is 11.5 Å². The lowest BCUT2D eigenvalue weighted by Crippen LogP contribution is -2.23. The Morgan fingerprint density at radius 2 is 1.86 bits per heavy atom. The Kier molecular flexibility index (Phi) is 4.57. The summed E-state index contributed by atoms with van der Waals surface area (Å²) < 4.78 is 7.71. The minimum atomic E-state index is 0.251. The van der Waals surface area contributed by atoms with Gasteiger partial charge in [-0.25, -0.2) is 0 Å². The monoisotopic (exact) mass is 289 g/mol. The van der Waals surface area contributed by atoms with Crippen LogP contribution in [0.4, 0.5) is 0 Å². The second-order valence-electron chi connectivity index (χ2n) is 5.88. The van der Waals surface area contributed by atoms with Crippen molar-refractivity contribution in [3.05, 3.63) is 40.1 Å². The second-order valence-corrected chi connectivity index (χ2v) is 5.88. The molecule has 4 nitrogen and oxygen atoms in total. The van der Waals surface area contributed by atoms with E-state index in [0.717, 1.165) is 23.8 Å². The van der Waals surface area contributed by atoms with Gasteiger partial charge in [-0.1, -0.05) is 0 Å². The van der Waals surface area contributed by atoms with Gasteiger partial charge in [-0.2, -0.15) is 5.10 Å². The maximum Gasteiger partial charge on any atom is 0.105 e. The van der Waals surface area contributed by atoms with E-state index in [1.807, 2.05) is 13.8 Å². The van der Waals surface area contributed by atoms with Crippen LogP contribution in [-0.4, -0.2) is 9.78 Å². The highest BCUT2D eigenvalue weighted by Gasteiger charge is 2.20. The highest BCUT2D eigenvalue weighted by atomic mass is 16.3. The number of aryl methyl sites for hydroxylation is 4. The van der Waals surface area contributed by atoms with Crippen LogP contribution in [0.1, 0.15) is 66.9 Å². The minimum Gasteiger partial charge on any atom is -0.466 e. The molecule has 2 aromatic heterocycles. The van der Waals surface area contributed by atoms with Gasteiger partial charge in [0, 0.05) is 35.4 Å². The lowest BCUT2D eigenvalue weighted by atomic mass is 10.0. The molecule has 4 heteroatoms. The van der Waals surface area contributed by atoms with Crippen LogP contribution in [0.2, 0.25) is 0 Å². The number of aromatic nitrogens is 2. The van der Waals surface area contributed by atoms with E-state index in [1.165, 1.54) is 16.8 Å². The lowest BCUT2D eigenvalue weighted by molar-refractivity contribution is 0.467. The molecule has 0 radical (unpaired) electrons. The van der Waals surface area contributed by atoms with Crippen LogP contribution >= 0.6 is 0 Å². The molecule has 0 bridgehead atoms. The smallest absolute Gasteiger partial charge is 0.105 e. The molecule has 0 fully saturated rings. The minimum absolute atomic E-state index is 0.251. The van der Waals surface area contributed by atoms with Gasteiger partial charge >= 0.3 is 0 Å². The van der Waals surface area contributed by atoms with Gasteiger partial charge < -0.3 is 9.73 Å². The van der Waals surface area contributed by atoms with Crippen molar-refractivity contribution in [2.24, 2.45) is 0 Å². The molecule has 0 aliphatic carbocycles. The Hall–Kier alpha value is -1.55. The highest BCUT2D eigenvalue weighted by Crippen LogP contribution is 2.27. The average Bonchev–Trinajstić information content (AvgIpc) is 2.88. The van der Waals surface area contributed by atoms with Gasteiger partial charge in [-0.15, -0.1) is 0 Å². The zero-order valence-electron chi connectivity index (χ0n) is 14.2. The molecule has 2 aromatic rings. The van der Waals surface area contributed by atoms with Crippen molar-refractivity contribution >= 4 is 0 Å². The topological polar surface area (TPSA) is 43.0 Å². The Bertz CT molecular complexity index is 624. The molecule has 2 unspecified atom stereocenters. The van der Waals surface area contributed by atoms with Crippen molar-refractivity contribution in [1.82, 2.24) is 15.1 Å². The van der Waals surface area contributed by atoms with Crippen molar-refractivity contribution in [1.29, 1.82) is 0 Å². The van der Waals surface area contributed by atoms with Crippen LogP contribution in [0, 0.1) is 27.7 Å². The van der Waals surface area contributed by atoms with E-state index in [9.17, 15) is 0 Å². The molecule has 0 aliphatic rings. The molecule has 2 atom stereocenters. The zero-order chi connectivity index (χ0) is 15.7. The lowest BCUT2D eigenvalue weighted by Gasteiger charge is -2.20. The standard InChI is InChI=1S/C17H27N3O/c1-8-20-14(6)17(13(5)19-20)12(4)18-11(3)16-9-10(2)21-15(16)7/h9,11-12,18H,8H2,1-7H3. The van der Waals surface area contributed by atoms with Gasteiger partial charge in [-0.3, -0.25) is 4.68 Å². The molecule has 0 saturated carbocycles. The summed E-state index contributed by atoms with van der Waals surface area (Å²) in [4.78, 5) is 0. The summed E-state index contributed by atoms with van der Waals surface area (Å²) >= 11 is 0. The quantitative estimate of drug-likeness (QED) is 0.899. The molecule has 116 valence electrons. The molecular weight excluding hydrogens is 262 g/mol. The normalized spacial score (nSPS) is 14.4. The fourth-order valence-electron chi connectivity index (χ4n) is 3.27. The largest absolute Gasteiger partial charge is 0.466 e. The Labute approximate surface area is 127 Å². The summed E-state index contributed by atoms with van der Waals surface area (Å²) in [6.07, 6.45) is 0. The van der Waals surface area contributed by atoms with E-state index in [0.29, 0.717) is 0 Å². The van der Waals surface area contributed by atoms with Crippen LogP contribution in [0.5, 0.6) is 0 Å². The van der Waals surface area contributed by atoms with Gasteiger partial charge in [0.2, 0.25) is 0 Å². The molecule has 0 spiro atoms. The van der Waals surface area contributed by atoms with Gasteiger partial charge in [0.05, 0.1) is 5.69 Å². The van der Waals surface area contributed by atoms with E-state index in [2.05, 4.69) is 55.8 Å². The van der Waals surface area contributed by atoms with Crippen molar-refractivity contribution in [3.63, 3.8) is 0 Å². The number of furan rings is 1. The van der Waals surface area contributed by atoms with Crippen LogP contribution in [0.15, 0.2) is 10.5 Å². The maximum absolute atomic E-state index is 5.64. The molecule has 0 aromatic carbocycles. The second kappa shape index (κ2) is 6.06. The third-order valence-electron chi connectivity index (χ3n) is 4.22. The summed E-state index contributed by atoms with van der Waals surface area (Å²) in [6.45, 7) is 15.7. The van der Waals surface area contributed by atoms with Crippen molar-refractivity contribution in [2.45, 2.75) is 67.1 Å². The molecule has 0 saturated heterocycles. The average molecular weight is 289 g/mol. The van der Waals surface area contributed by atoms with Crippen molar-refractivity contribution in [3.8, 4) is 0 Å². The third-order valence-corrected chi connectivity index (χ3v) is 4.22. The molecule has 1 N–H and O–H groups in total. The van der Waals surface area contributed by atoms with Crippen LogP contribution < -0.4 is 5.32 Å². The van der Waals surface area contributed by atoms with Crippen molar-refractivity contribution in [2.75, 3.05) is 0 Å². The summed E-state index contributed by atoms with van der Waals surface area (Å²) in [6, 6.07) is 2.63. The van der Waals surface area contributed by atoms with Crippen LogP contribution in [-0.2, 0) is 6.54 Å². The number of nitrogens with one attached hydrogen (secondary N) is 1. The van der Waals surface area contributed by atoms with Crippen LogP contribution in [0.25, 0.3) is 0 Å². The SMILES string of the molecule is CCn1nc(C)c(C(C)NC(C)c2cc(C)oc2C)c1C. The summed E-state index contributed by atoms with van der Waals surface area (Å²) in [5.74, 6) is 1.97. The summed E-state index contributed by atoms with van der Waals surface area (Å²) in [7, 11) is 0. The summed E-state index contributed by atoms with van der Waals surface area (Å²) in [5, 5.41) is 8.28. The number of nitrogens with zero attached hydrogens (tertiary/aromatic N) is 2. The van der Waals surface area contributed by atoms with Crippen molar-refractivity contribution < 1.29 is 4.42 Å². The Morgan fingerprint density at radius 3 is 2.33 bits per heavy atom. The van der Waals surface area contributed by atoms with E-state index in [-0.39, 0.29) is 12.1 Å². The molecule has 2 heterocycles. The van der Waals surface area contributed by atoms with E-state index < -0.39 is 0 Å². The molecule has 0 aliphatic heterocycles. The highest BCUT2D eigenvalue weighted by molar-refractivity contribution is 5.29. The van der Waals surface area contributed by atoms with E-state index in [1.54, 1.807) is 0 Å². The van der Waals surface area contributed by atoms with Gasteiger partial charge in [-0.05, 0) is 54.5 Å². The molecule has 0 amide bonds. The number of hydrogen-bond acceptors (Lipinski definition) is 3. The fourth-order valence-corrected chi connectivity index (χ4v) is 3.27. The Balaban J connectivity index is 2.20. The van der Waals surface area contributed by atoms with E-state index in [4.69, 9.17) is 4.42 Å². The number of hydrogen-bond donors (Lipinski definition) is 1. The summed E-state index contributed by atoms with van der Waals surface area (Å²) in [5.41, 5.74) is 4.91. The Morgan fingerprint density at radius 1 is 1.19 bits per heavy atom. The fraction of sp³-hybridized carbons (Fsp3) is 0.588. The molecule has 21 heavy (non-hydrogen) atoms. The van der Waals surface area contributed by atoms with E-state index >= 15 is 0 Å². The first-order valence-electron chi connectivity index (χ1n) is 7.72. The molecular formula is C17H27N3O. The first kappa shape index (κ1) is 15.8. The van der Waals surface area contributed by atoms with Gasteiger partial charge in [0.25, 0.3) is 0 Å². The van der Waals surface area contributed by atoms with Crippen LogP contribution in [0.3, 0.4) is 0 Å². The maximum atomic E-state index is 5.64. The van der Waals surface area contributed by atoms with Gasteiger partial charge in [0.15, 0.2) is 0 Å².